The van der Waals surface area contributed by atoms with Crippen LogP contribution in [0.2, 0.25) is 0 Å². The minimum atomic E-state index is -0.409. The number of aliphatic hydroxyl groups is 1. The highest BCUT2D eigenvalue weighted by molar-refractivity contribution is 5.72. The Morgan fingerprint density at radius 3 is 2.52 bits per heavy atom. The average molecular weight is 396 g/mol. The van der Waals surface area contributed by atoms with Gasteiger partial charge in [-0.2, -0.15) is 5.10 Å². The largest absolute Gasteiger partial charge is 0.391 e. The molecule has 1 aliphatic rings. The fourth-order valence-corrected chi connectivity index (χ4v) is 3.61. The molecule has 3 heterocycles. The topological polar surface area (TPSA) is 70.3 Å². The number of hydrogen-bond acceptors (Lipinski definition) is 6. The maximum Gasteiger partial charge on any atom is 0.155 e. The van der Waals surface area contributed by atoms with Gasteiger partial charge in [-0.15, -0.1) is 0 Å². The molecule has 0 aliphatic carbocycles. The molecule has 0 radical (unpaired) electrons. The first-order valence-electron chi connectivity index (χ1n) is 9.82. The van der Waals surface area contributed by atoms with E-state index in [9.17, 15) is 9.50 Å². The van der Waals surface area contributed by atoms with Crippen molar-refractivity contribution in [2.75, 3.05) is 31.1 Å². The van der Waals surface area contributed by atoms with E-state index < -0.39 is 6.10 Å². The number of nitrogens with zero attached hydrogens (tertiary/aromatic N) is 6. The number of rotatable bonds is 6. The van der Waals surface area contributed by atoms with Gasteiger partial charge in [0.25, 0.3) is 0 Å². The van der Waals surface area contributed by atoms with Crippen LogP contribution in [0.3, 0.4) is 0 Å². The van der Waals surface area contributed by atoms with Crippen LogP contribution in [0.5, 0.6) is 0 Å². The quantitative estimate of drug-likeness (QED) is 0.689. The van der Waals surface area contributed by atoms with Crippen molar-refractivity contribution in [2.24, 2.45) is 0 Å². The molecule has 1 aliphatic heterocycles. The Balaban J connectivity index is 1.40. The molecule has 152 valence electrons. The van der Waals surface area contributed by atoms with Gasteiger partial charge in [-0.05, 0) is 31.2 Å². The Kier molecular flexibility index (Phi) is 5.82. The summed E-state index contributed by atoms with van der Waals surface area (Å²) >= 11 is 0. The van der Waals surface area contributed by atoms with Crippen LogP contribution in [0, 0.1) is 5.82 Å². The Hall–Kier alpha value is -2.84. The smallest absolute Gasteiger partial charge is 0.155 e. The van der Waals surface area contributed by atoms with E-state index in [4.69, 9.17) is 0 Å². The lowest BCUT2D eigenvalue weighted by atomic mass is 10.1. The van der Waals surface area contributed by atoms with Crippen molar-refractivity contribution in [1.29, 1.82) is 0 Å². The number of hydrogen-bond donors (Lipinski definition) is 1. The lowest BCUT2D eigenvalue weighted by molar-refractivity contribution is 0.168. The van der Waals surface area contributed by atoms with Gasteiger partial charge in [0.1, 0.15) is 11.5 Å². The fraction of sp³-hybridized carbons (Fsp3) is 0.381. The summed E-state index contributed by atoms with van der Waals surface area (Å²) in [5, 5.41) is 13.8. The van der Waals surface area contributed by atoms with Crippen molar-refractivity contribution >= 4 is 5.82 Å². The highest BCUT2D eigenvalue weighted by Gasteiger charge is 2.22. The Morgan fingerprint density at radius 2 is 1.79 bits per heavy atom. The zero-order valence-corrected chi connectivity index (χ0v) is 16.4. The maximum atomic E-state index is 13.3. The van der Waals surface area contributed by atoms with E-state index in [1.54, 1.807) is 36.1 Å². The second-order valence-corrected chi connectivity index (χ2v) is 7.42. The molecule has 1 saturated heterocycles. The molecule has 1 fully saturated rings. The third-order valence-corrected chi connectivity index (χ3v) is 5.01. The molecule has 1 atom stereocenters. The zero-order chi connectivity index (χ0) is 20.2. The van der Waals surface area contributed by atoms with Crippen LogP contribution >= 0.6 is 0 Å². The first kappa shape index (κ1) is 19.5. The van der Waals surface area contributed by atoms with E-state index >= 15 is 0 Å². The molecule has 0 bridgehead atoms. The van der Waals surface area contributed by atoms with E-state index in [1.807, 2.05) is 12.4 Å². The summed E-state index contributed by atoms with van der Waals surface area (Å²) in [6, 6.07) is 6.38. The van der Waals surface area contributed by atoms with Crippen LogP contribution in [0.25, 0.3) is 11.3 Å². The third-order valence-electron chi connectivity index (χ3n) is 5.01. The van der Waals surface area contributed by atoms with E-state index in [1.165, 1.54) is 12.1 Å². The summed E-state index contributed by atoms with van der Waals surface area (Å²) in [5.74, 6) is 0.577. The SMILES string of the molecule is CC(O)Cn1cc(CN2CCN(c3nccnc3-c3ccc(F)cc3)CC2)cn1. The van der Waals surface area contributed by atoms with Crippen molar-refractivity contribution in [3.8, 4) is 11.3 Å². The van der Waals surface area contributed by atoms with Crippen molar-refractivity contribution < 1.29 is 9.50 Å². The lowest BCUT2D eigenvalue weighted by Crippen LogP contribution is -2.46. The molecule has 29 heavy (non-hydrogen) atoms. The normalized spacial score (nSPS) is 16.2. The second kappa shape index (κ2) is 8.67. The standard InChI is InChI=1S/C21H25FN6O/c1-16(29)13-28-15-17(12-25-28)14-26-8-10-27(11-9-26)21-20(23-6-7-24-21)18-2-4-19(22)5-3-18/h2-7,12,15-16,29H,8-11,13-14H2,1H3. The van der Waals surface area contributed by atoms with E-state index in [0.29, 0.717) is 6.54 Å². The molecule has 1 unspecified atom stereocenters. The predicted molar refractivity (Wildman–Crippen MR) is 109 cm³/mol. The first-order valence-corrected chi connectivity index (χ1v) is 9.82. The first-order chi connectivity index (χ1) is 14.1. The molecule has 8 heteroatoms. The van der Waals surface area contributed by atoms with Crippen LogP contribution in [0.15, 0.2) is 49.1 Å². The summed E-state index contributed by atoms with van der Waals surface area (Å²) in [4.78, 5) is 13.7. The van der Waals surface area contributed by atoms with Gasteiger partial charge >= 0.3 is 0 Å². The summed E-state index contributed by atoms with van der Waals surface area (Å²) in [5.41, 5.74) is 2.79. The number of aliphatic hydroxyl groups excluding tert-OH is 1. The number of halogens is 1. The lowest BCUT2D eigenvalue weighted by Gasteiger charge is -2.35. The summed E-state index contributed by atoms with van der Waals surface area (Å²) in [7, 11) is 0. The number of piperazine rings is 1. The van der Waals surface area contributed by atoms with Crippen LogP contribution in [-0.2, 0) is 13.1 Å². The van der Waals surface area contributed by atoms with Gasteiger partial charge in [-0.3, -0.25) is 14.6 Å². The molecule has 0 saturated carbocycles. The average Bonchev–Trinajstić information content (AvgIpc) is 3.15. The summed E-state index contributed by atoms with van der Waals surface area (Å²) in [6.45, 7) is 6.59. The van der Waals surface area contributed by atoms with Crippen LogP contribution in [0.1, 0.15) is 12.5 Å². The molecule has 3 aromatic rings. The van der Waals surface area contributed by atoms with Gasteiger partial charge in [0.2, 0.25) is 0 Å². The predicted octanol–water partition coefficient (Wildman–Crippen LogP) is 2.18. The van der Waals surface area contributed by atoms with Crippen molar-refractivity contribution in [1.82, 2.24) is 24.6 Å². The van der Waals surface area contributed by atoms with E-state index in [0.717, 1.165) is 55.4 Å². The monoisotopic (exact) mass is 396 g/mol. The Labute approximate surface area is 169 Å². The van der Waals surface area contributed by atoms with Crippen LogP contribution in [-0.4, -0.2) is 62.0 Å². The molecule has 1 N–H and O–H groups in total. The van der Waals surface area contributed by atoms with Crippen LogP contribution in [0.4, 0.5) is 10.2 Å². The molecule has 1 aromatic carbocycles. The Bertz CT molecular complexity index is 934. The van der Waals surface area contributed by atoms with Crippen molar-refractivity contribution in [2.45, 2.75) is 26.1 Å². The highest BCUT2D eigenvalue weighted by atomic mass is 19.1. The number of aromatic nitrogens is 4. The fourth-order valence-electron chi connectivity index (χ4n) is 3.61. The summed E-state index contributed by atoms with van der Waals surface area (Å²) < 4.78 is 15.1. The van der Waals surface area contributed by atoms with Gasteiger partial charge in [-0.25, -0.2) is 9.37 Å². The number of anilines is 1. The zero-order valence-electron chi connectivity index (χ0n) is 16.4. The van der Waals surface area contributed by atoms with Crippen molar-refractivity contribution in [3.05, 3.63) is 60.4 Å². The van der Waals surface area contributed by atoms with E-state index in [2.05, 4.69) is 24.9 Å². The van der Waals surface area contributed by atoms with E-state index in [-0.39, 0.29) is 5.82 Å². The molecule has 2 aromatic heterocycles. The maximum absolute atomic E-state index is 13.3. The minimum Gasteiger partial charge on any atom is -0.391 e. The highest BCUT2D eigenvalue weighted by Crippen LogP contribution is 2.27. The minimum absolute atomic E-state index is 0.260. The Morgan fingerprint density at radius 1 is 1.07 bits per heavy atom. The number of benzene rings is 1. The van der Waals surface area contributed by atoms with Gasteiger partial charge in [0.15, 0.2) is 5.82 Å². The second-order valence-electron chi connectivity index (χ2n) is 7.42. The van der Waals surface area contributed by atoms with Gasteiger partial charge < -0.3 is 10.0 Å². The summed E-state index contributed by atoms with van der Waals surface area (Å²) in [6.07, 6.45) is 6.82. The molecular weight excluding hydrogens is 371 g/mol. The van der Waals surface area contributed by atoms with Gasteiger partial charge in [-0.1, -0.05) is 0 Å². The molecule has 0 amide bonds. The third kappa shape index (κ3) is 4.78. The van der Waals surface area contributed by atoms with Crippen LogP contribution < -0.4 is 4.90 Å². The van der Waals surface area contributed by atoms with Crippen molar-refractivity contribution in [3.63, 3.8) is 0 Å². The molecule has 0 spiro atoms. The van der Waals surface area contributed by atoms with Gasteiger partial charge in [0.05, 0.1) is 18.8 Å². The molecular formula is C21H25FN6O. The van der Waals surface area contributed by atoms with Gasteiger partial charge in [0, 0.05) is 62.4 Å². The molecule has 7 nitrogen and oxygen atoms in total. The molecule has 4 rings (SSSR count).